The number of fused-ring (bicyclic) bond motifs is 2. The molecule has 1 aromatic carbocycles. The molecule has 5 atom stereocenters. The fourth-order valence-electron chi connectivity index (χ4n) is 5.40. The molecule has 0 N–H and O–H groups in total. The van der Waals surface area contributed by atoms with Gasteiger partial charge < -0.3 is 0 Å². The lowest BCUT2D eigenvalue weighted by atomic mass is 9.72. The maximum Gasteiger partial charge on any atom is 0.136 e. The summed E-state index contributed by atoms with van der Waals surface area (Å²) in [4.78, 5) is 12.4. The van der Waals surface area contributed by atoms with Crippen LogP contribution in [0.15, 0.2) is 30.3 Å². The average Bonchev–Trinajstić information content (AvgIpc) is 3.13. The van der Waals surface area contributed by atoms with Gasteiger partial charge in [-0.25, -0.2) is 0 Å². The molecule has 1 aromatic rings. The smallest absolute Gasteiger partial charge is 0.136 e. The summed E-state index contributed by atoms with van der Waals surface area (Å²) in [6.45, 7) is 0. The highest BCUT2D eigenvalue weighted by atomic mass is 16.1. The summed E-state index contributed by atoms with van der Waals surface area (Å²) in [7, 11) is 0. The van der Waals surface area contributed by atoms with E-state index in [1.54, 1.807) is 0 Å². The number of rotatable bonds is 3. The summed E-state index contributed by atoms with van der Waals surface area (Å²) in [6.07, 6.45) is 9.98. The van der Waals surface area contributed by atoms with Gasteiger partial charge in [-0.3, -0.25) is 4.79 Å². The van der Waals surface area contributed by atoms with E-state index in [0.717, 1.165) is 37.0 Å². The van der Waals surface area contributed by atoms with Gasteiger partial charge in [0, 0.05) is 12.3 Å². The predicted molar refractivity (Wildman–Crippen MR) is 85.1 cm³/mol. The highest BCUT2D eigenvalue weighted by molar-refractivity contribution is 5.82. The number of Topliss-reactive ketones (excluding diaryl/α,β-unsaturated/α-hetero) is 1. The van der Waals surface area contributed by atoms with E-state index in [9.17, 15) is 4.79 Å². The van der Waals surface area contributed by atoms with Gasteiger partial charge in [0.2, 0.25) is 0 Å². The van der Waals surface area contributed by atoms with Crippen molar-refractivity contribution in [2.75, 3.05) is 0 Å². The Morgan fingerprint density at radius 1 is 0.952 bits per heavy atom. The Morgan fingerprint density at radius 2 is 1.81 bits per heavy atom. The third-order valence-corrected chi connectivity index (χ3v) is 6.51. The van der Waals surface area contributed by atoms with Gasteiger partial charge in [-0.05, 0) is 67.8 Å². The zero-order valence-corrected chi connectivity index (χ0v) is 12.8. The van der Waals surface area contributed by atoms with E-state index >= 15 is 0 Å². The molecular weight excluding hydrogens is 256 g/mol. The van der Waals surface area contributed by atoms with Crippen molar-refractivity contribution in [1.29, 1.82) is 0 Å². The molecule has 2 bridgehead atoms. The van der Waals surface area contributed by atoms with Gasteiger partial charge in [0.05, 0.1) is 0 Å². The van der Waals surface area contributed by atoms with Crippen LogP contribution in [-0.2, 0) is 4.79 Å². The van der Waals surface area contributed by atoms with E-state index in [1.807, 2.05) is 0 Å². The van der Waals surface area contributed by atoms with Crippen molar-refractivity contribution in [3.05, 3.63) is 35.9 Å². The van der Waals surface area contributed by atoms with Crippen molar-refractivity contribution in [1.82, 2.24) is 0 Å². The fourth-order valence-corrected chi connectivity index (χ4v) is 5.40. The number of hydrogen-bond acceptors (Lipinski definition) is 1. The number of carbonyl (C=O) groups excluding carboxylic acids is 1. The lowest BCUT2D eigenvalue weighted by Gasteiger charge is -2.32. The molecule has 0 amide bonds. The molecule has 5 unspecified atom stereocenters. The number of ketones is 1. The van der Waals surface area contributed by atoms with E-state index in [-0.39, 0.29) is 0 Å². The third kappa shape index (κ3) is 2.67. The maximum atomic E-state index is 12.4. The minimum atomic E-state index is 0.355. The Morgan fingerprint density at radius 3 is 2.52 bits per heavy atom. The minimum Gasteiger partial charge on any atom is -0.299 e. The van der Waals surface area contributed by atoms with Crippen molar-refractivity contribution in [3.63, 3.8) is 0 Å². The molecule has 0 heterocycles. The van der Waals surface area contributed by atoms with Crippen molar-refractivity contribution in [2.24, 2.45) is 23.7 Å². The van der Waals surface area contributed by atoms with Gasteiger partial charge in [0.25, 0.3) is 0 Å². The van der Waals surface area contributed by atoms with Crippen LogP contribution in [0.5, 0.6) is 0 Å². The highest BCUT2D eigenvalue weighted by Crippen LogP contribution is 2.51. The molecule has 0 aromatic heterocycles. The van der Waals surface area contributed by atoms with Gasteiger partial charge in [-0.15, -0.1) is 0 Å². The standard InChI is InChI=1S/C20H26O/c21-20-9-8-17(15-4-2-1-3-5-15)12-19(20)13-18-11-14-6-7-16(18)10-14/h1-5,14,16-19H,6-13H2. The molecule has 21 heavy (non-hydrogen) atoms. The van der Waals surface area contributed by atoms with Gasteiger partial charge in [-0.2, -0.15) is 0 Å². The van der Waals surface area contributed by atoms with Crippen LogP contribution in [0, 0.1) is 23.7 Å². The first-order valence-electron chi connectivity index (χ1n) is 8.87. The van der Waals surface area contributed by atoms with E-state index in [1.165, 1.54) is 37.7 Å². The Balaban J connectivity index is 1.43. The number of carbonyl (C=O) groups is 1. The number of benzene rings is 1. The zero-order valence-electron chi connectivity index (χ0n) is 12.8. The lowest BCUT2D eigenvalue weighted by molar-refractivity contribution is -0.125. The van der Waals surface area contributed by atoms with Gasteiger partial charge in [0.15, 0.2) is 0 Å². The van der Waals surface area contributed by atoms with E-state index in [2.05, 4.69) is 30.3 Å². The SMILES string of the molecule is O=C1CCC(c2ccccc2)CC1CC1CC2CCC1C2. The first-order chi connectivity index (χ1) is 10.3. The number of hydrogen-bond donors (Lipinski definition) is 0. The summed E-state index contributed by atoms with van der Waals surface area (Å²) in [5.74, 6) is 4.36. The Kier molecular flexibility index (Phi) is 3.61. The van der Waals surface area contributed by atoms with Crippen molar-refractivity contribution < 1.29 is 4.79 Å². The Bertz CT molecular complexity index is 506. The van der Waals surface area contributed by atoms with Gasteiger partial charge in [0.1, 0.15) is 5.78 Å². The molecule has 0 spiro atoms. The summed E-state index contributed by atoms with van der Waals surface area (Å²) < 4.78 is 0. The molecule has 4 rings (SSSR count). The first-order valence-corrected chi connectivity index (χ1v) is 8.87. The van der Waals surface area contributed by atoms with Crippen LogP contribution >= 0.6 is 0 Å². The Labute approximate surface area is 128 Å². The van der Waals surface area contributed by atoms with Crippen LogP contribution in [0.1, 0.15) is 62.8 Å². The Hall–Kier alpha value is -1.11. The molecule has 3 aliphatic rings. The zero-order chi connectivity index (χ0) is 14.2. The molecule has 1 heteroatoms. The summed E-state index contributed by atoms with van der Waals surface area (Å²) in [5.41, 5.74) is 1.45. The largest absolute Gasteiger partial charge is 0.299 e. The van der Waals surface area contributed by atoms with Crippen molar-refractivity contribution in [3.8, 4) is 0 Å². The monoisotopic (exact) mass is 282 g/mol. The maximum absolute atomic E-state index is 12.4. The molecular formula is C20H26O. The molecule has 0 aliphatic heterocycles. The van der Waals surface area contributed by atoms with Crippen molar-refractivity contribution >= 4 is 5.78 Å². The second-order valence-electron chi connectivity index (χ2n) is 7.72. The predicted octanol–water partition coefficient (Wildman–Crippen LogP) is 4.97. The molecule has 0 saturated heterocycles. The summed E-state index contributed by atoms with van der Waals surface area (Å²) in [5, 5.41) is 0. The van der Waals surface area contributed by atoms with Crippen LogP contribution in [0.25, 0.3) is 0 Å². The minimum absolute atomic E-state index is 0.355. The summed E-state index contributed by atoms with van der Waals surface area (Å²) >= 11 is 0. The van der Waals surface area contributed by atoms with Crippen LogP contribution in [0.4, 0.5) is 0 Å². The average molecular weight is 282 g/mol. The van der Waals surface area contributed by atoms with Crippen LogP contribution in [0.3, 0.4) is 0 Å². The van der Waals surface area contributed by atoms with Gasteiger partial charge in [-0.1, -0.05) is 36.8 Å². The van der Waals surface area contributed by atoms with Crippen molar-refractivity contribution in [2.45, 2.75) is 57.3 Å². The lowest BCUT2D eigenvalue weighted by Crippen LogP contribution is -2.27. The third-order valence-electron chi connectivity index (χ3n) is 6.51. The van der Waals surface area contributed by atoms with E-state index in [4.69, 9.17) is 0 Å². The first kappa shape index (κ1) is 13.5. The molecule has 3 fully saturated rings. The molecule has 0 radical (unpaired) electrons. The van der Waals surface area contributed by atoms with Gasteiger partial charge >= 0.3 is 0 Å². The quantitative estimate of drug-likeness (QED) is 0.765. The molecule has 3 aliphatic carbocycles. The van der Waals surface area contributed by atoms with Crippen LogP contribution in [-0.4, -0.2) is 5.78 Å². The van der Waals surface area contributed by atoms with E-state index in [0.29, 0.717) is 17.6 Å². The van der Waals surface area contributed by atoms with Crippen LogP contribution < -0.4 is 0 Å². The summed E-state index contributed by atoms with van der Waals surface area (Å²) in [6, 6.07) is 10.8. The second-order valence-corrected chi connectivity index (χ2v) is 7.72. The van der Waals surface area contributed by atoms with E-state index < -0.39 is 0 Å². The molecule has 112 valence electrons. The highest BCUT2D eigenvalue weighted by Gasteiger charge is 2.41. The molecule has 3 saturated carbocycles. The molecule has 1 nitrogen and oxygen atoms in total. The topological polar surface area (TPSA) is 17.1 Å². The van der Waals surface area contributed by atoms with Crippen LogP contribution in [0.2, 0.25) is 0 Å². The normalized spacial score (nSPS) is 38.9. The fraction of sp³-hybridized carbons (Fsp3) is 0.650. The second kappa shape index (κ2) is 5.59.